The fraction of sp³-hybridized carbons (Fsp3) is 0.676. The summed E-state index contributed by atoms with van der Waals surface area (Å²) >= 11 is 0. The molecule has 2 amide bonds. The fourth-order valence-electron chi connectivity index (χ4n) is 8.55. The summed E-state index contributed by atoms with van der Waals surface area (Å²) in [6.07, 6.45) is 9.13. The first kappa shape index (κ1) is 31.2. The van der Waals surface area contributed by atoms with Gasteiger partial charge in [0.2, 0.25) is 5.91 Å². The van der Waals surface area contributed by atoms with E-state index in [-0.39, 0.29) is 51.4 Å². The Morgan fingerprint density at radius 2 is 1.91 bits per heavy atom. The summed E-state index contributed by atoms with van der Waals surface area (Å²) in [6.45, 7) is 12.5. The van der Waals surface area contributed by atoms with Gasteiger partial charge in [-0.2, -0.15) is 0 Å². The second kappa shape index (κ2) is 12.0. The number of halogens is 1. The van der Waals surface area contributed by atoms with Crippen LogP contribution in [0.2, 0.25) is 0 Å². The quantitative estimate of drug-likeness (QED) is 0.459. The van der Waals surface area contributed by atoms with Gasteiger partial charge in [0, 0.05) is 43.2 Å². The number of aromatic nitrogens is 3. The van der Waals surface area contributed by atoms with Crippen molar-refractivity contribution in [2.45, 2.75) is 77.3 Å². The van der Waals surface area contributed by atoms with Gasteiger partial charge in [0.25, 0.3) is 11.8 Å². The molecule has 3 spiro atoms. The van der Waals surface area contributed by atoms with E-state index < -0.39 is 5.82 Å². The van der Waals surface area contributed by atoms with Crippen LogP contribution in [-0.2, 0) is 9.53 Å². The summed E-state index contributed by atoms with van der Waals surface area (Å²) < 4.78 is 25.8. The van der Waals surface area contributed by atoms with E-state index in [0.717, 1.165) is 64.8 Å². The van der Waals surface area contributed by atoms with Crippen LogP contribution in [0, 0.1) is 22.6 Å². The van der Waals surface area contributed by atoms with E-state index in [0.29, 0.717) is 31.5 Å². The number of anilines is 1. The van der Waals surface area contributed by atoms with Crippen LogP contribution >= 0.6 is 0 Å². The molecule has 5 fully saturated rings. The maximum atomic E-state index is 14.3. The minimum Gasteiger partial charge on any atom is -0.434 e. The second-order valence-corrected chi connectivity index (χ2v) is 14.8. The minimum atomic E-state index is -0.504. The van der Waals surface area contributed by atoms with Gasteiger partial charge in [-0.05, 0) is 103 Å². The first-order valence-electron chi connectivity index (χ1n) is 17.0. The number of hydrogen-bond donors (Lipinski definition) is 1. The molecule has 11 nitrogen and oxygen atoms in total. The van der Waals surface area contributed by atoms with Gasteiger partial charge >= 0.3 is 0 Å². The molecule has 7 rings (SSSR count). The lowest BCUT2D eigenvalue weighted by atomic mass is 9.70. The van der Waals surface area contributed by atoms with Gasteiger partial charge in [0.05, 0.1) is 24.2 Å². The summed E-state index contributed by atoms with van der Waals surface area (Å²) in [5.74, 6) is 1.14. The smallest absolute Gasteiger partial charge is 0.282 e. The van der Waals surface area contributed by atoms with Gasteiger partial charge < -0.3 is 29.5 Å². The number of nitrogens with zero attached hydrogens (tertiary/aromatic N) is 6. The molecule has 2 aromatic rings. The molecule has 1 saturated carbocycles. The molecule has 0 bridgehead atoms. The van der Waals surface area contributed by atoms with Crippen molar-refractivity contribution < 1.29 is 23.5 Å². The molecule has 4 saturated heterocycles. The zero-order valence-corrected chi connectivity index (χ0v) is 27.3. The van der Waals surface area contributed by atoms with Crippen LogP contribution in [-0.4, -0.2) is 101 Å². The van der Waals surface area contributed by atoms with E-state index in [1.165, 1.54) is 37.4 Å². The number of nitrogens with one attached hydrogen (secondary N) is 1. The van der Waals surface area contributed by atoms with Gasteiger partial charge in [-0.25, -0.2) is 9.37 Å². The van der Waals surface area contributed by atoms with Gasteiger partial charge in [0.15, 0.2) is 5.82 Å². The Hall–Kier alpha value is -3.38. The highest BCUT2D eigenvalue weighted by molar-refractivity contribution is 5.97. The van der Waals surface area contributed by atoms with Crippen LogP contribution in [0.5, 0.6) is 11.6 Å². The lowest BCUT2D eigenvalue weighted by molar-refractivity contribution is -0.155. The minimum absolute atomic E-state index is 0.00510. The van der Waals surface area contributed by atoms with Crippen molar-refractivity contribution in [1.82, 2.24) is 30.3 Å². The van der Waals surface area contributed by atoms with Gasteiger partial charge in [-0.1, -0.05) is 0 Å². The first-order chi connectivity index (χ1) is 22.1. The van der Waals surface area contributed by atoms with E-state index in [9.17, 15) is 14.0 Å². The molecule has 0 unspecified atom stereocenters. The van der Waals surface area contributed by atoms with Crippen molar-refractivity contribution in [3.8, 4) is 11.6 Å². The second-order valence-electron chi connectivity index (χ2n) is 14.8. The number of rotatable bonds is 8. The average molecular weight is 636 g/mol. The maximum Gasteiger partial charge on any atom is 0.282 e. The Morgan fingerprint density at radius 1 is 1.17 bits per heavy atom. The van der Waals surface area contributed by atoms with Crippen LogP contribution in [0.25, 0.3) is 0 Å². The Bertz CT molecular complexity index is 1460. The van der Waals surface area contributed by atoms with Gasteiger partial charge in [-0.15, -0.1) is 10.2 Å². The van der Waals surface area contributed by atoms with Gasteiger partial charge in [0.1, 0.15) is 17.9 Å². The summed E-state index contributed by atoms with van der Waals surface area (Å²) in [6, 6.07) is 3.93. The zero-order chi connectivity index (χ0) is 32.1. The Kier molecular flexibility index (Phi) is 8.15. The first-order valence-corrected chi connectivity index (χ1v) is 17.0. The number of ether oxygens (including phenoxy) is 2. The van der Waals surface area contributed by atoms with E-state index in [2.05, 4.69) is 30.3 Å². The SMILES string of the molecule is CCN(C(=O)c1cc(F)ccc1Oc1nncnc1N1CC2(CCN(CC3CCC4(CC3)CC3(COC3)C(=O)N4)CC2)C1)C(C)C. The van der Waals surface area contributed by atoms with E-state index in [1.54, 1.807) is 4.90 Å². The van der Waals surface area contributed by atoms with Crippen molar-refractivity contribution in [2.24, 2.45) is 16.7 Å². The molecule has 12 heteroatoms. The summed E-state index contributed by atoms with van der Waals surface area (Å²) in [5, 5.41) is 11.6. The molecular weight excluding hydrogens is 589 g/mol. The van der Waals surface area contributed by atoms with Crippen LogP contribution in [0.1, 0.15) is 76.1 Å². The summed E-state index contributed by atoms with van der Waals surface area (Å²) in [7, 11) is 0. The molecule has 1 aliphatic carbocycles. The largest absolute Gasteiger partial charge is 0.434 e. The molecule has 0 atom stereocenters. The third-order valence-corrected chi connectivity index (χ3v) is 11.3. The third-order valence-electron chi connectivity index (χ3n) is 11.3. The molecule has 0 radical (unpaired) electrons. The lowest BCUT2D eigenvalue weighted by Crippen LogP contribution is -2.61. The van der Waals surface area contributed by atoms with Crippen molar-refractivity contribution in [3.63, 3.8) is 0 Å². The van der Waals surface area contributed by atoms with Crippen LogP contribution in [0.15, 0.2) is 24.5 Å². The molecule has 248 valence electrons. The molecule has 1 aromatic heterocycles. The number of piperidine rings is 1. The number of amides is 2. The highest BCUT2D eigenvalue weighted by Crippen LogP contribution is 2.49. The molecule has 5 aliphatic rings. The zero-order valence-electron chi connectivity index (χ0n) is 27.3. The highest BCUT2D eigenvalue weighted by atomic mass is 19.1. The van der Waals surface area contributed by atoms with Crippen molar-refractivity contribution >= 4 is 17.6 Å². The number of carbonyl (C=O) groups is 2. The van der Waals surface area contributed by atoms with E-state index in [4.69, 9.17) is 9.47 Å². The van der Waals surface area contributed by atoms with E-state index in [1.807, 2.05) is 20.8 Å². The monoisotopic (exact) mass is 635 g/mol. The average Bonchev–Trinajstić information content (AvgIpc) is 3.31. The standard InChI is InChI=1S/C34H46FN7O4/c1-4-42(23(2)3)30(43)26-15-25(35)5-6-27(26)46-29-28(36-22-37-39-29)41-18-32(19-41)11-13-40(14-12-32)16-24-7-9-34(10-8-24)17-33(20-45-21-33)31(44)38-34/h5-6,15,22-24H,4,7-14,16-21H2,1-3H3,(H,38,44). The molecule has 1 N–H and O–H groups in total. The number of carbonyl (C=O) groups excluding carboxylic acids is 2. The molecule has 1 aromatic carbocycles. The summed E-state index contributed by atoms with van der Waals surface area (Å²) in [4.78, 5) is 36.9. The third kappa shape index (κ3) is 5.72. The predicted molar refractivity (Wildman–Crippen MR) is 169 cm³/mol. The maximum absolute atomic E-state index is 14.3. The van der Waals surface area contributed by atoms with Crippen molar-refractivity contribution in [2.75, 3.05) is 57.4 Å². The van der Waals surface area contributed by atoms with Gasteiger partial charge in [-0.3, -0.25) is 9.59 Å². The Balaban J connectivity index is 0.931. The van der Waals surface area contributed by atoms with Crippen molar-refractivity contribution in [3.05, 3.63) is 35.9 Å². The molecule has 5 heterocycles. The Labute approximate surface area is 270 Å². The van der Waals surface area contributed by atoms with Crippen LogP contribution in [0.3, 0.4) is 0 Å². The number of benzene rings is 1. The topological polar surface area (TPSA) is 113 Å². The van der Waals surface area contributed by atoms with Crippen molar-refractivity contribution in [1.29, 1.82) is 0 Å². The normalized spacial score (nSPS) is 26.7. The number of likely N-dealkylation sites (tertiary alicyclic amines) is 1. The number of hydrogen-bond acceptors (Lipinski definition) is 9. The van der Waals surface area contributed by atoms with Crippen LogP contribution in [0.4, 0.5) is 10.2 Å². The summed E-state index contributed by atoms with van der Waals surface area (Å²) in [5.41, 5.74) is 0.136. The lowest BCUT2D eigenvalue weighted by Gasteiger charge is -2.54. The molecule has 4 aliphatic heterocycles. The molecule has 46 heavy (non-hydrogen) atoms. The highest BCUT2D eigenvalue weighted by Gasteiger charge is 2.58. The van der Waals surface area contributed by atoms with E-state index >= 15 is 0 Å². The predicted octanol–water partition coefficient (Wildman–Crippen LogP) is 4.04. The van der Waals surface area contributed by atoms with Crippen LogP contribution < -0.4 is 15.0 Å². The molecular formula is C34H46FN7O4. The fourth-order valence-corrected chi connectivity index (χ4v) is 8.55. The Morgan fingerprint density at radius 3 is 2.54 bits per heavy atom.